The molecule has 2 aromatic rings. The zero-order chi connectivity index (χ0) is 13.2. The van der Waals surface area contributed by atoms with E-state index in [4.69, 9.17) is 16.3 Å². The van der Waals surface area contributed by atoms with E-state index in [1.165, 1.54) is 6.07 Å². The van der Waals surface area contributed by atoms with E-state index >= 15 is 0 Å². The van der Waals surface area contributed by atoms with E-state index in [0.29, 0.717) is 23.1 Å². The number of halogens is 1. The smallest absolute Gasteiger partial charge is 0.251 e. The van der Waals surface area contributed by atoms with Gasteiger partial charge in [-0.15, -0.1) is 0 Å². The van der Waals surface area contributed by atoms with Crippen molar-refractivity contribution in [3.8, 4) is 11.3 Å². The minimum atomic E-state index is -0.137. The highest BCUT2D eigenvalue weighted by molar-refractivity contribution is 6.30. The van der Waals surface area contributed by atoms with Gasteiger partial charge in [0.15, 0.2) is 0 Å². The van der Waals surface area contributed by atoms with Gasteiger partial charge in [0.1, 0.15) is 5.82 Å². The van der Waals surface area contributed by atoms with Crippen molar-refractivity contribution in [2.24, 2.45) is 0 Å². The van der Waals surface area contributed by atoms with E-state index in [0.717, 1.165) is 18.6 Å². The summed E-state index contributed by atoms with van der Waals surface area (Å²) in [6.07, 6.45) is 0.896. The Hall–Kier alpha value is -1.65. The zero-order valence-corrected chi connectivity index (χ0v) is 11.0. The molecule has 0 aliphatic carbocycles. The summed E-state index contributed by atoms with van der Waals surface area (Å²) in [6, 6.07) is 8.80. The topological polar surface area (TPSA) is 55.0 Å². The molecule has 1 aromatic heterocycles. The number of H-pyrrole nitrogens is 1. The summed E-state index contributed by atoms with van der Waals surface area (Å²) in [5.41, 5.74) is 1.42. The van der Waals surface area contributed by atoms with Gasteiger partial charge in [-0.05, 0) is 18.6 Å². The quantitative estimate of drug-likeness (QED) is 0.917. The number of aromatic amines is 1. The van der Waals surface area contributed by atoms with Crippen molar-refractivity contribution < 1.29 is 4.74 Å². The molecule has 1 aliphatic rings. The number of hydrogen-bond acceptors (Lipinski definition) is 3. The average Bonchev–Trinajstić information content (AvgIpc) is 2.93. The first kappa shape index (κ1) is 12.4. The van der Waals surface area contributed by atoms with Crippen molar-refractivity contribution in [3.05, 3.63) is 51.5 Å². The highest BCUT2D eigenvalue weighted by atomic mass is 35.5. The van der Waals surface area contributed by atoms with E-state index in [2.05, 4.69) is 9.97 Å². The van der Waals surface area contributed by atoms with Gasteiger partial charge < -0.3 is 9.72 Å². The van der Waals surface area contributed by atoms with Crippen LogP contribution in [-0.2, 0) is 4.74 Å². The van der Waals surface area contributed by atoms with Gasteiger partial charge in [0.2, 0.25) is 0 Å². The average molecular weight is 277 g/mol. The van der Waals surface area contributed by atoms with Crippen molar-refractivity contribution in [2.75, 3.05) is 13.2 Å². The first-order valence-electron chi connectivity index (χ1n) is 6.17. The molecule has 0 bridgehead atoms. The largest absolute Gasteiger partial charge is 0.381 e. The van der Waals surface area contributed by atoms with Crippen molar-refractivity contribution in [1.29, 1.82) is 0 Å². The molecule has 1 saturated heterocycles. The fraction of sp³-hybridized carbons (Fsp3) is 0.286. The summed E-state index contributed by atoms with van der Waals surface area (Å²) in [5, 5.41) is 0.665. The molecule has 98 valence electrons. The molecular weight excluding hydrogens is 264 g/mol. The van der Waals surface area contributed by atoms with Crippen LogP contribution >= 0.6 is 11.6 Å². The Balaban J connectivity index is 2.01. The summed E-state index contributed by atoms with van der Waals surface area (Å²) in [5.74, 6) is 0.884. The maximum absolute atomic E-state index is 11.7. The van der Waals surface area contributed by atoms with Crippen LogP contribution in [0.2, 0.25) is 5.02 Å². The predicted molar refractivity (Wildman–Crippen MR) is 73.5 cm³/mol. The van der Waals surface area contributed by atoms with Gasteiger partial charge in [-0.1, -0.05) is 23.7 Å². The maximum Gasteiger partial charge on any atom is 0.251 e. The summed E-state index contributed by atoms with van der Waals surface area (Å²) < 4.78 is 5.33. The summed E-state index contributed by atoms with van der Waals surface area (Å²) in [6.45, 7) is 1.34. The van der Waals surface area contributed by atoms with E-state index in [9.17, 15) is 4.79 Å². The Kier molecular flexibility index (Phi) is 3.36. The van der Waals surface area contributed by atoms with Crippen molar-refractivity contribution in [2.45, 2.75) is 12.3 Å². The van der Waals surface area contributed by atoms with Gasteiger partial charge in [-0.2, -0.15) is 0 Å². The van der Waals surface area contributed by atoms with Crippen LogP contribution in [-0.4, -0.2) is 23.2 Å². The van der Waals surface area contributed by atoms with Crippen LogP contribution in [0, 0.1) is 0 Å². The summed E-state index contributed by atoms with van der Waals surface area (Å²) in [7, 11) is 0. The summed E-state index contributed by atoms with van der Waals surface area (Å²) >= 11 is 5.86. The van der Waals surface area contributed by atoms with E-state index in [1.54, 1.807) is 12.1 Å². The number of nitrogens with one attached hydrogen (secondary N) is 1. The molecular formula is C14H13ClN2O2. The second-order valence-electron chi connectivity index (χ2n) is 4.58. The minimum Gasteiger partial charge on any atom is -0.381 e. The molecule has 0 spiro atoms. The normalized spacial score (nSPS) is 18.7. The lowest BCUT2D eigenvalue weighted by Crippen LogP contribution is -2.14. The molecule has 0 saturated carbocycles. The van der Waals surface area contributed by atoms with Crippen LogP contribution in [0.3, 0.4) is 0 Å². The van der Waals surface area contributed by atoms with E-state index < -0.39 is 0 Å². The second-order valence-corrected chi connectivity index (χ2v) is 5.02. The lowest BCUT2D eigenvalue weighted by atomic mass is 10.1. The fourth-order valence-electron chi connectivity index (χ4n) is 2.19. The maximum atomic E-state index is 11.7. The highest BCUT2D eigenvalue weighted by Gasteiger charge is 2.20. The third kappa shape index (κ3) is 2.69. The number of rotatable bonds is 2. The Morgan fingerprint density at radius 3 is 2.79 bits per heavy atom. The minimum absolute atomic E-state index is 0.137. The van der Waals surface area contributed by atoms with Crippen molar-refractivity contribution in [1.82, 2.24) is 9.97 Å². The van der Waals surface area contributed by atoms with Crippen LogP contribution in [0.5, 0.6) is 0 Å². The van der Waals surface area contributed by atoms with E-state index in [-0.39, 0.29) is 11.5 Å². The Bertz CT molecular complexity index is 631. The standard InChI is InChI=1S/C14H13ClN2O2/c15-11-3-1-9(2-4-11)12-7-13(18)17-14(16-12)10-5-6-19-8-10/h1-4,7,10H,5-6,8H2,(H,16,17,18). The van der Waals surface area contributed by atoms with Crippen LogP contribution in [0.25, 0.3) is 11.3 Å². The van der Waals surface area contributed by atoms with Gasteiger partial charge in [0.25, 0.3) is 5.56 Å². The van der Waals surface area contributed by atoms with Gasteiger partial charge in [0, 0.05) is 29.2 Å². The number of ether oxygens (including phenoxy) is 1. The predicted octanol–water partition coefficient (Wildman–Crippen LogP) is 2.59. The van der Waals surface area contributed by atoms with Gasteiger partial charge in [-0.3, -0.25) is 4.79 Å². The number of benzene rings is 1. The van der Waals surface area contributed by atoms with Crippen LogP contribution in [0.1, 0.15) is 18.2 Å². The molecule has 1 unspecified atom stereocenters. The molecule has 1 N–H and O–H groups in total. The van der Waals surface area contributed by atoms with Crippen LogP contribution < -0.4 is 5.56 Å². The molecule has 5 heteroatoms. The Morgan fingerprint density at radius 2 is 2.11 bits per heavy atom. The molecule has 2 heterocycles. The molecule has 1 atom stereocenters. The van der Waals surface area contributed by atoms with Gasteiger partial charge in [0.05, 0.1) is 12.3 Å². The number of aromatic nitrogens is 2. The van der Waals surface area contributed by atoms with Crippen LogP contribution in [0.4, 0.5) is 0 Å². The SMILES string of the molecule is O=c1cc(-c2ccc(Cl)cc2)nc(C2CCOC2)[nH]1. The van der Waals surface area contributed by atoms with Crippen LogP contribution in [0.15, 0.2) is 35.1 Å². The first-order valence-corrected chi connectivity index (χ1v) is 6.55. The molecule has 4 nitrogen and oxygen atoms in total. The third-order valence-electron chi connectivity index (χ3n) is 3.22. The van der Waals surface area contributed by atoms with Gasteiger partial charge in [-0.25, -0.2) is 4.98 Å². The second kappa shape index (κ2) is 5.15. The molecule has 1 aliphatic heterocycles. The molecule has 1 fully saturated rings. The number of hydrogen-bond donors (Lipinski definition) is 1. The van der Waals surface area contributed by atoms with E-state index in [1.807, 2.05) is 12.1 Å². The lowest BCUT2D eigenvalue weighted by molar-refractivity contribution is 0.193. The number of nitrogens with zero attached hydrogens (tertiary/aromatic N) is 1. The Morgan fingerprint density at radius 1 is 1.32 bits per heavy atom. The molecule has 3 rings (SSSR count). The third-order valence-corrected chi connectivity index (χ3v) is 3.47. The zero-order valence-electron chi connectivity index (χ0n) is 10.2. The lowest BCUT2D eigenvalue weighted by Gasteiger charge is -2.08. The first-order chi connectivity index (χ1) is 9.22. The highest BCUT2D eigenvalue weighted by Crippen LogP contribution is 2.24. The molecule has 0 radical (unpaired) electrons. The summed E-state index contributed by atoms with van der Waals surface area (Å²) in [4.78, 5) is 19.1. The monoisotopic (exact) mass is 276 g/mol. The molecule has 19 heavy (non-hydrogen) atoms. The molecule has 0 amide bonds. The van der Waals surface area contributed by atoms with Crippen molar-refractivity contribution in [3.63, 3.8) is 0 Å². The van der Waals surface area contributed by atoms with Gasteiger partial charge >= 0.3 is 0 Å². The Labute approximate surface area is 115 Å². The fourth-order valence-corrected chi connectivity index (χ4v) is 2.31. The van der Waals surface area contributed by atoms with Crippen molar-refractivity contribution >= 4 is 11.6 Å². The molecule has 1 aromatic carbocycles.